The molecule has 43 heavy (non-hydrogen) atoms. The minimum absolute atomic E-state index is 0.243. The van der Waals surface area contributed by atoms with Gasteiger partial charge in [-0.3, -0.25) is 24.7 Å². The number of hydrogen-bond donors (Lipinski definition) is 2. The third kappa shape index (κ3) is 6.49. The van der Waals surface area contributed by atoms with Crippen molar-refractivity contribution in [2.75, 3.05) is 42.5 Å². The number of urea groups is 1. The van der Waals surface area contributed by atoms with Crippen molar-refractivity contribution in [3.05, 3.63) is 102 Å². The molecule has 3 aromatic carbocycles. The number of nitrogens with two attached hydrogens (primary N) is 1. The highest BCUT2D eigenvalue weighted by atomic mass is 16.5. The fourth-order valence-corrected chi connectivity index (χ4v) is 5.38. The zero-order chi connectivity index (χ0) is 29.8. The second-order valence-electron chi connectivity index (χ2n) is 10.6. The van der Waals surface area contributed by atoms with Gasteiger partial charge in [-0.05, 0) is 66.2 Å². The van der Waals surface area contributed by atoms with Crippen molar-refractivity contribution in [1.29, 1.82) is 0 Å². The van der Waals surface area contributed by atoms with Gasteiger partial charge in [0.05, 0.1) is 11.3 Å². The van der Waals surface area contributed by atoms with Crippen LogP contribution in [0.5, 0.6) is 11.5 Å². The molecule has 0 bridgehead atoms. The number of carbonyl (C=O) groups is 3. The summed E-state index contributed by atoms with van der Waals surface area (Å²) in [7, 11) is 0. The number of pyridine rings is 1. The predicted octanol–water partition coefficient (Wildman–Crippen LogP) is 4.41. The van der Waals surface area contributed by atoms with Gasteiger partial charge in [0.15, 0.2) is 0 Å². The number of rotatable bonds is 8. The van der Waals surface area contributed by atoms with Crippen LogP contribution in [0, 0.1) is 0 Å². The van der Waals surface area contributed by atoms with E-state index in [9.17, 15) is 14.4 Å². The third-order valence-electron chi connectivity index (χ3n) is 7.63. The number of hydrogen-bond acceptors (Lipinski definition) is 7. The molecule has 4 amide bonds. The number of nitrogens with zero attached hydrogens (tertiary/aromatic N) is 4. The van der Waals surface area contributed by atoms with Crippen LogP contribution in [0.3, 0.4) is 0 Å². The SMILES string of the molecule is NC(=O)c1ccc(N2CCN(Cc3cccc(N4CCC(=O)NC4=O)c3)CC2)nc1-c1ccc(Oc2ccccc2)cc1. The van der Waals surface area contributed by atoms with Crippen molar-refractivity contribution < 1.29 is 19.1 Å². The number of ether oxygens (including phenoxy) is 1. The van der Waals surface area contributed by atoms with Crippen LogP contribution < -0.4 is 25.6 Å². The van der Waals surface area contributed by atoms with E-state index in [0.717, 1.165) is 61.1 Å². The molecule has 1 aromatic heterocycles. The Balaban J connectivity index is 1.12. The number of para-hydroxylation sites is 1. The van der Waals surface area contributed by atoms with Crippen LogP contribution >= 0.6 is 0 Å². The second kappa shape index (κ2) is 12.3. The van der Waals surface area contributed by atoms with Crippen molar-refractivity contribution in [3.63, 3.8) is 0 Å². The number of carbonyl (C=O) groups excluding carboxylic acids is 3. The standard InChI is InChI=1S/C33H32N6O4/c34-32(41)28-13-14-29(35-31(28)24-9-11-27(12-10-24)43-26-7-2-1-3-8-26)38-19-17-37(18-20-38)22-23-5-4-6-25(21-23)39-16-15-30(40)36-33(39)42/h1-14,21H,15-20,22H2,(H2,34,41)(H,36,40,42). The molecule has 218 valence electrons. The maximum absolute atomic E-state index is 12.3. The van der Waals surface area contributed by atoms with E-state index in [1.54, 1.807) is 11.0 Å². The highest BCUT2D eigenvalue weighted by Gasteiger charge is 2.25. The molecule has 0 aliphatic carbocycles. The first kappa shape index (κ1) is 27.9. The molecular formula is C33H32N6O4. The molecule has 2 aliphatic heterocycles. The van der Waals surface area contributed by atoms with E-state index in [1.165, 1.54) is 0 Å². The smallest absolute Gasteiger partial charge is 0.328 e. The summed E-state index contributed by atoms with van der Waals surface area (Å²) in [6.45, 7) is 4.30. The average molecular weight is 577 g/mol. The maximum atomic E-state index is 12.3. The van der Waals surface area contributed by atoms with E-state index in [-0.39, 0.29) is 11.9 Å². The van der Waals surface area contributed by atoms with Gasteiger partial charge in [-0.15, -0.1) is 0 Å². The molecule has 0 unspecified atom stereocenters. The lowest BCUT2D eigenvalue weighted by molar-refractivity contribution is -0.120. The first-order valence-electron chi connectivity index (χ1n) is 14.2. The lowest BCUT2D eigenvalue weighted by atomic mass is 10.0. The Labute approximate surface area is 249 Å². The number of primary amides is 1. The van der Waals surface area contributed by atoms with Crippen LogP contribution in [0.25, 0.3) is 11.3 Å². The number of benzene rings is 3. The molecule has 2 fully saturated rings. The minimum Gasteiger partial charge on any atom is -0.457 e. The molecule has 10 nitrogen and oxygen atoms in total. The normalized spacial score (nSPS) is 15.7. The van der Waals surface area contributed by atoms with E-state index < -0.39 is 5.91 Å². The Kier molecular flexibility index (Phi) is 8.01. The van der Waals surface area contributed by atoms with E-state index in [0.29, 0.717) is 30.0 Å². The average Bonchev–Trinajstić information content (AvgIpc) is 3.02. The Morgan fingerprint density at radius 3 is 2.30 bits per heavy atom. The monoisotopic (exact) mass is 576 g/mol. The first-order valence-corrected chi connectivity index (χ1v) is 14.2. The van der Waals surface area contributed by atoms with Crippen LogP contribution in [0.4, 0.5) is 16.3 Å². The highest BCUT2D eigenvalue weighted by Crippen LogP contribution is 2.29. The van der Waals surface area contributed by atoms with E-state index >= 15 is 0 Å². The van der Waals surface area contributed by atoms with Crippen molar-refractivity contribution in [1.82, 2.24) is 15.2 Å². The second-order valence-corrected chi connectivity index (χ2v) is 10.6. The number of aromatic nitrogens is 1. The summed E-state index contributed by atoms with van der Waals surface area (Å²) in [6.07, 6.45) is 0.294. The summed E-state index contributed by atoms with van der Waals surface area (Å²) in [5, 5.41) is 2.38. The van der Waals surface area contributed by atoms with Crippen molar-refractivity contribution >= 4 is 29.4 Å². The van der Waals surface area contributed by atoms with Crippen molar-refractivity contribution in [2.45, 2.75) is 13.0 Å². The van der Waals surface area contributed by atoms with Gasteiger partial charge in [-0.25, -0.2) is 9.78 Å². The number of nitrogens with one attached hydrogen (secondary N) is 1. The predicted molar refractivity (Wildman–Crippen MR) is 164 cm³/mol. The topological polar surface area (TPSA) is 121 Å². The molecular weight excluding hydrogens is 544 g/mol. The third-order valence-corrected chi connectivity index (χ3v) is 7.63. The van der Waals surface area contributed by atoms with E-state index in [2.05, 4.69) is 21.2 Å². The molecule has 0 radical (unpaired) electrons. The molecule has 2 saturated heterocycles. The molecule has 0 atom stereocenters. The molecule has 0 saturated carbocycles. The Hall–Kier alpha value is -5.22. The van der Waals surface area contributed by atoms with E-state index in [4.69, 9.17) is 15.5 Å². The van der Waals surface area contributed by atoms with Crippen LogP contribution in [0.1, 0.15) is 22.3 Å². The summed E-state index contributed by atoms with van der Waals surface area (Å²) in [5.41, 5.74) is 9.28. The number of piperazine rings is 1. The number of amides is 4. The fraction of sp³-hybridized carbons (Fsp3) is 0.212. The zero-order valence-corrected chi connectivity index (χ0v) is 23.6. The Bertz CT molecular complexity index is 1640. The van der Waals surface area contributed by atoms with Crippen molar-refractivity contribution in [3.8, 4) is 22.8 Å². The number of imide groups is 1. The molecule has 0 spiro atoms. The van der Waals surface area contributed by atoms with Crippen molar-refractivity contribution in [2.24, 2.45) is 5.73 Å². The molecule has 10 heteroatoms. The summed E-state index contributed by atoms with van der Waals surface area (Å²) in [5.74, 6) is 1.44. The van der Waals surface area contributed by atoms with Gasteiger partial charge in [-0.1, -0.05) is 30.3 Å². The molecule has 4 aromatic rings. The molecule has 2 aliphatic rings. The van der Waals surface area contributed by atoms with Gasteiger partial charge in [0, 0.05) is 56.9 Å². The summed E-state index contributed by atoms with van der Waals surface area (Å²) in [4.78, 5) is 47.1. The van der Waals surface area contributed by atoms with Gasteiger partial charge in [0.2, 0.25) is 5.91 Å². The summed E-state index contributed by atoms with van der Waals surface area (Å²) >= 11 is 0. The van der Waals surface area contributed by atoms with Crippen LogP contribution in [-0.2, 0) is 11.3 Å². The minimum atomic E-state index is -0.528. The van der Waals surface area contributed by atoms with Crippen LogP contribution in [-0.4, -0.2) is 60.5 Å². The molecule has 3 heterocycles. The fourth-order valence-electron chi connectivity index (χ4n) is 5.38. The maximum Gasteiger partial charge on any atom is 0.328 e. The van der Waals surface area contributed by atoms with Gasteiger partial charge >= 0.3 is 6.03 Å². The highest BCUT2D eigenvalue weighted by molar-refractivity contribution is 6.05. The van der Waals surface area contributed by atoms with Gasteiger partial charge in [0.1, 0.15) is 17.3 Å². The lowest BCUT2D eigenvalue weighted by Crippen LogP contribution is -2.49. The lowest BCUT2D eigenvalue weighted by Gasteiger charge is -2.36. The molecule has 6 rings (SSSR count). The zero-order valence-electron chi connectivity index (χ0n) is 23.6. The quantitative estimate of drug-likeness (QED) is 0.319. The van der Waals surface area contributed by atoms with Gasteiger partial charge in [0.25, 0.3) is 5.91 Å². The van der Waals surface area contributed by atoms with Gasteiger partial charge in [-0.2, -0.15) is 0 Å². The Morgan fingerprint density at radius 2 is 1.58 bits per heavy atom. The van der Waals surface area contributed by atoms with E-state index in [1.807, 2.05) is 78.9 Å². The summed E-state index contributed by atoms with van der Waals surface area (Å²) in [6, 6.07) is 28.1. The largest absolute Gasteiger partial charge is 0.457 e. The van der Waals surface area contributed by atoms with Crippen LogP contribution in [0.15, 0.2) is 91.0 Å². The van der Waals surface area contributed by atoms with Gasteiger partial charge < -0.3 is 15.4 Å². The number of anilines is 2. The first-order chi connectivity index (χ1) is 20.9. The summed E-state index contributed by atoms with van der Waals surface area (Å²) < 4.78 is 5.91. The Morgan fingerprint density at radius 1 is 0.837 bits per heavy atom. The van der Waals surface area contributed by atoms with Crippen LogP contribution in [0.2, 0.25) is 0 Å². The molecule has 3 N–H and O–H groups in total.